The topological polar surface area (TPSA) is 20.3 Å². The number of rotatable bonds is 5. The second kappa shape index (κ2) is 9.46. The lowest BCUT2D eigenvalue weighted by Gasteiger charge is -2.38. The average Bonchev–Trinajstić information content (AvgIpc) is 2.68. The smallest absolute Gasteiger partial charge is 0.196 e. The van der Waals surface area contributed by atoms with Crippen LogP contribution < -0.4 is 0 Å². The third-order valence-corrected chi connectivity index (χ3v) is 8.41. The molecule has 1 fully saturated rings. The Morgan fingerprint density at radius 2 is 1.25 bits per heavy atom. The second-order valence-corrected chi connectivity index (χ2v) is 10.9. The van der Waals surface area contributed by atoms with Crippen LogP contribution in [0.25, 0.3) is 10.1 Å². The van der Waals surface area contributed by atoms with E-state index in [1.54, 1.807) is 11.6 Å². The molecule has 0 aliphatic carbocycles. The average molecular weight is 434 g/mol. The lowest BCUT2D eigenvalue weighted by Crippen LogP contribution is -2.35. The Hall–Kier alpha value is -1.31. The maximum atomic E-state index is 14.2. The molecule has 1 heterocycles. The highest BCUT2D eigenvalue weighted by Gasteiger charge is 2.33. The maximum absolute atomic E-state index is 14.2. The SMILES string of the molecule is C[C@@H]1C[C@@H](C)CN(P(=O)(/C=C(\Cl)c2ccccc2)/C=C(\Cl)c2ccccc2)C1. The lowest BCUT2D eigenvalue weighted by atomic mass is 9.94. The molecule has 5 heteroatoms. The van der Waals surface area contributed by atoms with Gasteiger partial charge in [0.2, 0.25) is 0 Å². The number of piperidine rings is 1. The molecular formula is C23H26Cl2NOP. The molecule has 1 saturated heterocycles. The summed E-state index contributed by atoms with van der Waals surface area (Å²) in [6.45, 7) is 5.95. The molecule has 0 amide bonds. The van der Waals surface area contributed by atoms with Crippen molar-refractivity contribution in [2.75, 3.05) is 13.1 Å². The fourth-order valence-electron chi connectivity index (χ4n) is 3.75. The molecule has 2 nitrogen and oxygen atoms in total. The Morgan fingerprint density at radius 1 is 0.857 bits per heavy atom. The van der Waals surface area contributed by atoms with Gasteiger partial charge in [-0.15, -0.1) is 0 Å². The summed E-state index contributed by atoms with van der Waals surface area (Å²) in [6, 6.07) is 19.3. The molecule has 1 aliphatic heterocycles. The molecule has 148 valence electrons. The predicted molar refractivity (Wildman–Crippen MR) is 123 cm³/mol. The number of benzene rings is 2. The standard InChI is InChI=1S/C23H26Cl2NOP/c1-18-13-19(2)15-26(14-18)28(27,16-22(24)20-9-5-3-6-10-20)17-23(25)21-11-7-4-8-12-21/h3-12,16-19H,13-15H2,1-2H3/b22-16-,23-17-/t18-,19-/m1/s1. The summed E-state index contributed by atoms with van der Waals surface area (Å²) in [5.74, 6) is 4.37. The molecule has 0 spiro atoms. The molecule has 0 aromatic heterocycles. The van der Waals surface area contributed by atoms with Crippen molar-refractivity contribution in [1.82, 2.24) is 4.67 Å². The molecule has 0 bridgehead atoms. The van der Waals surface area contributed by atoms with Gasteiger partial charge in [0.05, 0.1) is 10.1 Å². The van der Waals surface area contributed by atoms with Crippen molar-refractivity contribution < 1.29 is 4.57 Å². The van der Waals surface area contributed by atoms with E-state index in [0.29, 0.717) is 21.9 Å². The van der Waals surface area contributed by atoms with Gasteiger partial charge in [-0.2, -0.15) is 0 Å². The van der Waals surface area contributed by atoms with E-state index in [0.717, 1.165) is 30.6 Å². The predicted octanol–water partition coefficient (Wildman–Crippen LogP) is 7.72. The summed E-state index contributed by atoms with van der Waals surface area (Å²) in [5.41, 5.74) is 1.71. The van der Waals surface area contributed by atoms with Gasteiger partial charge in [0, 0.05) is 24.7 Å². The summed E-state index contributed by atoms with van der Waals surface area (Å²) in [6.07, 6.45) is 1.14. The Labute approximate surface area is 178 Å². The van der Waals surface area contributed by atoms with E-state index >= 15 is 0 Å². The highest BCUT2D eigenvalue weighted by molar-refractivity contribution is 7.68. The Bertz CT molecular complexity index is 826. The van der Waals surface area contributed by atoms with E-state index < -0.39 is 7.29 Å². The highest BCUT2D eigenvalue weighted by Crippen LogP contribution is 2.58. The zero-order chi connectivity index (χ0) is 20.1. The van der Waals surface area contributed by atoms with Crippen molar-refractivity contribution in [3.63, 3.8) is 0 Å². The number of hydrogen-bond acceptors (Lipinski definition) is 1. The van der Waals surface area contributed by atoms with Gasteiger partial charge in [0.25, 0.3) is 0 Å². The Balaban J connectivity index is 2.04. The zero-order valence-electron chi connectivity index (χ0n) is 16.3. The van der Waals surface area contributed by atoms with Crippen molar-refractivity contribution in [1.29, 1.82) is 0 Å². The molecular weight excluding hydrogens is 408 g/mol. The Kier molecular flexibility index (Phi) is 7.23. The molecule has 2 aromatic carbocycles. The molecule has 0 N–H and O–H groups in total. The number of nitrogens with zero attached hydrogens (tertiary/aromatic N) is 1. The first kappa shape index (κ1) is 21.4. The first-order valence-electron chi connectivity index (χ1n) is 9.60. The summed E-state index contributed by atoms with van der Waals surface area (Å²) in [4.78, 5) is 0. The van der Waals surface area contributed by atoms with E-state index in [1.807, 2.05) is 60.7 Å². The van der Waals surface area contributed by atoms with Crippen LogP contribution in [0.4, 0.5) is 0 Å². The summed E-state index contributed by atoms with van der Waals surface area (Å²) >= 11 is 13.2. The summed E-state index contributed by atoms with van der Waals surface area (Å²) in [7, 11) is -3.07. The fourth-order valence-corrected chi connectivity index (χ4v) is 7.26. The molecule has 1 aliphatic rings. The van der Waals surface area contributed by atoms with Gasteiger partial charge in [-0.1, -0.05) is 97.7 Å². The van der Waals surface area contributed by atoms with Gasteiger partial charge in [0.1, 0.15) is 0 Å². The fraction of sp³-hybridized carbons (Fsp3) is 0.304. The minimum atomic E-state index is -3.07. The van der Waals surface area contributed by atoms with Crippen molar-refractivity contribution in [2.45, 2.75) is 20.3 Å². The van der Waals surface area contributed by atoms with E-state index in [9.17, 15) is 4.57 Å². The lowest BCUT2D eigenvalue weighted by molar-refractivity contribution is 0.224. The van der Waals surface area contributed by atoms with Crippen LogP contribution in [-0.4, -0.2) is 17.8 Å². The molecule has 0 unspecified atom stereocenters. The first-order valence-corrected chi connectivity index (χ1v) is 12.1. The normalized spacial score (nSPS) is 22.3. The highest BCUT2D eigenvalue weighted by atomic mass is 35.5. The van der Waals surface area contributed by atoms with E-state index in [4.69, 9.17) is 23.2 Å². The van der Waals surface area contributed by atoms with Gasteiger partial charge < -0.3 is 0 Å². The van der Waals surface area contributed by atoms with Gasteiger partial charge in [-0.3, -0.25) is 4.57 Å². The van der Waals surface area contributed by atoms with Crippen LogP contribution in [0.1, 0.15) is 31.4 Å². The molecule has 0 saturated carbocycles. The van der Waals surface area contributed by atoms with Crippen LogP contribution in [0.2, 0.25) is 0 Å². The quantitative estimate of drug-likeness (QED) is 0.449. The molecule has 2 atom stereocenters. The first-order chi connectivity index (χ1) is 13.4. The summed E-state index contributed by atoms with van der Waals surface area (Å²) < 4.78 is 16.3. The largest absolute Gasteiger partial charge is 0.297 e. The van der Waals surface area contributed by atoms with Gasteiger partial charge in [-0.25, -0.2) is 4.67 Å². The van der Waals surface area contributed by atoms with Crippen molar-refractivity contribution in [2.24, 2.45) is 11.8 Å². The van der Waals surface area contributed by atoms with Crippen LogP contribution in [0, 0.1) is 11.8 Å². The number of hydrogen-bond donors (Lipinski definition) is 0. The third kappa shape index (κ3) is 5.39. The minimum absolute atomic E-state index is 0.477. The van der Waals surface area contributed by atoms with E-state index in [1.165, 1.54) is 0 Å². The minimum Gasteiger partial charge on any atom is -0.297 e. The van der Waals surface area contributed by atoms with E-state index in [-0.39, 0.29) is 0 Å². The Morgan fingerprint density at radius 3 is 1.64 bits per heavy atom. The third-order valence-electron chi connectivity index (χ3n) is 4.99. The molecule has 2 aromatic rings. The second-order valence-electron chi connectivity index (χ2n) is 7.68. The van der Waals surface area contributed by atoms with Crippen LogP contribution in [0.5, 0.6) is 0 Å². The maximum Gasteiger partial charge on any atom is 0.196 e. The van der Waals surface area contributed by atoms with Crippen molar-refractivity contribution in [3.05, 3.63) is 83.4 Å². The summed E-state index contributed by atoms with van der Waals surface area (Å²) in [5, 5.41) is 0.979. The van der Waals surface area contributed by atoms with Crippen molar-refractivity contribution in [3.8, 4) is 0 Å². The number of halogens is 2. The molecule has 3 rings (SSSR count). The zero-order valence-corrected chi connectivity index (χ0v) is 18.7. The van der Waals surface area contributed by atoms with Crippen molar-refractivity contribution >= 4 is 40.6 Å². The van der Waals surface area contributed by atoms with Gasteiger partial charge in [0.15, 0.2) is 7.29 Å². The van der Waals surface area contributed by atoms with Crippen LogP contribution in [0.3, 0.4) is 0 Å². The molecule has 28 heavy (non-hydrogen) atoms. The monoisotopic (exact) mass is 433 g/mol. The molecule has 0 radical (unpaired) electrons. The van der Waals surface area contributed by atoms with Crippen LogP contribution in [0.15, 0.2) is 72.3 Å². The van der Waals surface area contributed by atoms with Gasteiger partial charge >= 0.3 is 0 Å². The van der Waals surface area contributed by atoms with Crippen LogP contribution >= 0.6 is 30.5 Å². The van der Waals surface area contributed by atoms with E-state index in [2.05, 4.69) is 18.5 Å². The van der Waals surface area contributed by atoms with Gasteiger partial charge in [-0.05, 0) is 29.4 Å². The van der Waals surface area contributed by atoms with Crippen LogP contribution in [-0.2, 0) is 4.57 Å².